The van der Waals surface area contributed by atoms with E-state index in [0.717, 1.165) is 24.2 Å². The van der Waals surface area contributed by atoms with E-state index in [0.29, 0.717) is 16.7 Å². The zero-order valence-corrected chi connectivity index (χ0v) is 16.5. The zero-order chi connectivity index (χ0) is 19.0. The van der Waals surface area contributed by atoms with Crippen LogP contribution < -0.4 is 9.80 Å². The van der Waals surface area contributed by atoms with Gasteiger partial charge < -0.3 is 14.4 Å². The van der Waals surface area contributed by atoms with Crippen LogP contribution in [-0.4, -0.2) is 38.4 Å². The van der Waals surface area contributed by atoms with Gasteiger partial charge in [0.1, 0.15) is 12.4 Å². The fourth-order valence-electron chi connectivity index (χ4n) is 3.76. The fourth-order valence-corrected chi connectivity index (χ4v) is 4.10. The molecule has 27 heavy (non-hydrogen) atoms. The van der Waals surface area contributed by atoms with E-state index < -0.39 is 11.9 Å². The van der Waals surface area contributed by atoms with E-state index in [4.69, 9.17) is 9.47 Å². The first kappa shape index (κ1) is 18.3. The molecular weight excluding hydrogens is 415 g/mol. The lowest BCUT2D eigenvalue weighted by Gasteiger charge is -2.39. The molecule has 1 amide bonds. The minimum atomic E-state index is -0.470. The third-order valence-electron chi connectivity index (χ3n) is 5.15. The van der Waals surface area contributed by atoms with Crippen LogP contribution in [0.3, 0.4) is 0 Å². The van der Waals surface area contributed by atoms with Gasteiger partial charge in [-0.3, -0.25) is 4.90 Å². The van der Waals surface area contributed by atoms with E-state index in [9.17, 15) is 9.18 Å². The first-order chi connectivity index (χ1) is 13.1. The van der Waals surface area contributed by atoms with Gasteiger partial charge in [0.15, 0.2) is 0 Å². The van der Waals surface area contributed by atoms with Crippen molar-refractivity contribution in [1.29, 1.82) is 0 Å². The molecule has 0 saturated carbocycles. The SMILES string of the molecule is COC1CC2CN(C(=O)OCc3ccccc3)c3cc(F)c(Br)cc3N2C1. The second kappa shape index (κ2) is 7.48. The maximum absolute atomic E-state index is 14.2. The molecule has 2 unspecified atom stereocenters. The predicted molar refractivity (Wildman–Crippen MR) is 105 cm³/mol. The number of hydrogen-bond donors (Lipinski definition) is 0. The standard InChI is InChI=1S/C20H20BrFN2O3/c1-26-15-7-14-10-24(20(25)27-12-13-5-3-2-4-6-13)19-9-17(22)16(21)8-18(19)23(14)11-15/h2-6,8-9,14-15H,7,10-12H2,1H3. The van der Waals surface area contributed by atoms with Crippen LogP contribution in [0.2, 0.25) is 0 Å². The third kappa shape index (κ3) is 3.53. The highest BCUT2D eigenvalue weighted by Crippen LogP contribution is 2.42. The van der Waals surface area contributed by atoms with Crippen molar-refractivity contribution in [1.82, 2.24) is 0 Å². The van der Waals surface area contributed by atoms with Crippen LogP contribution in [0, 0.1) is 5.82 Å². The van der Waals surface area contributed by atoms with Gasteiger partial charge in [0, 0.05) is 32.3 Å². The second-order valence-electron chi connectivity index (χ2n) is 6.81. The van der Waals surface area contributed by atoms with Crippen LogP contribution in [0.4, 0.5) is 20.6 Å². The van der Waals surface area contributed by atoms with Crippen molar-refractivity contribution >= 4 is 33.4 Å². The number of rotatable bonds is 3. The molecule has 0 aliphatic carbocycles. The largest absolute Gasteiger partial charge is 0.444 e. The molecular formula is C20H20BrFN2O3. The Labute approximate surface area is 165 Å². The van der Waals surface area contributed by atoms with Crippen molar-refractivity contribution in [3.63, 3.8) is 0 Å². The molecule has 2 aliphatic heterocycles. The summed E-state index contributed by atoms with van der Waals surface area (Å²) in [5, 5.41) is 0. The van der Waals surface area contributed by atoms with Crippen molar-refractivity contribution in [2.24, 2.45) is 0 Å². The summed E-state index contributed by atoms with van der Waals surface area (Å²) in [6.07, 6.45) is 0.433. The van der Waals surface area contributed by atoms with E-state index in [1.807, 2.05) is 30.3 Å². The summed E-state index contributed by atoms with van der Waals surface area (Å²) < 4.78 is 25.6. The summed E-state index contributed by atoms with van der Waals surface area (Å²) in [7, 11) is 1.69. The molecule has 4 rings (SSSR count). The number of anilines is 2. The average molecular weight is 435 g/mol. The zero-order valence-electron chi connectivity index (χ0n) is 14.9. The smallest absolute Gasteiger partial charge is 0.414 e. The number of amides is 1. The molecule has 0 aromatic heterocycles. The van der Waals surface area contributed by atoms with Gasteiger partial charge in [-0.05, 0) is 34.0 Å². The number of halogens is 2. The highest BCUT2D eigenvalue weighted by Gasteiger charge is 2.41. The Morgan fingerprint density at radius 3 is 2.74 bits per heavy atom. The van der Waals surface area contributed by atoms with Crippen molar-refractivity contribution in [3.8, 4) is 0 Å². The molecule has 5 nitrogen and oxygen atoms in total. The van der Waals surface area contributed by atoms with Crippen LogP contribution in [0.25, 0.3) is 0 Å². The van der Waals surface area contributed by atoms with Gasteiger partial charge in [0.25, 0.3) is 0 Å². The number of fused-ring (bicyclic) bond motifs is 3. The van der Waals surface area contributed by atoms with Crippen LogP contribution in [-0.2, 0) is 16.1 Å². The summed E-state index contributed by atoms with van der Waals surface area (Å²) in [5.74, 6) is -0.407. The molecule has 2 heterocycles. The Kier molecular flexibility index (Phi) is 5.06. The number of carbonyl (C=O) groups excluding carboxylic acids is 1. The molecule has 0 N–H and O–H groups in total. The highest BCUT2D eigenvalue weighted by molar-refractivity contribution is 9.10. The Morgan fingerprint density at radius 2 is 2.00 bits per heavy atom. The van der Waals surface area contributed by atoms with Gasteiger partial charge in [-0.25, -0.2) is 9.18 Å². The molecule has 0 bridgehead atoms. The average Bonchev–Trinajstić information content (AvgIpc) is 3.11. The number of carbonyl (C=O) groups is 1. The number of methoxy groups -OCH3 is 1. The Balaban J connectivity index is 1.61. The van der Waals surface area contributed by atoms with Gasteiger partial charge in [-0.2, -0.15) is 0 Å². The van der Waals surface area contributed by atoms with Gasteiger partial charge >= 0.3 is 6.09 Å². The van der Waals surface area contributed by atoms with Crippen LogP contribution in [0.1, 0.15) is 12.0 Å². The summed E-state index contributed by atoms with van der Waals surface area (Å²) in [6.45, 7) is 1.35. The van der Waals surface area contributed by atoms with Crippen LogP contribution in [0.5, 0.6) is 0 Å². The van der Waals surface area contributed by atoms with E-state index in [1.54, 1.807) is 13.2 Å². The maximum Gasteiger partial charge on any atom is 0.414 e. The minimum absolute atomic E-state index is 0.0898. The maximum atomic E-state index is 14.2. The van der Waals surface area contributed by atoms with Gasteiger partial charge in [0.2, 0.25) is 0 Å². The van der Waals surface area contributed by atoms with Gasteiger partial charge in [-0.15, -0.1) is 0 Å². The first-order valence-corrected chi connectivity index (χ1v) is 9.63. The van der Waals surface area contributed by atoms with Gasteiger partial charge in [0.05, 0.1) is 22.0 Å². The van der Waals surface area contributed by atoms with E-state index in [2.05, 4.69) is 20.8 Å². The lowest BCUT2D eigenvalue weighted by molar-refractivity contribution is 0.118. The van der Waals surface area contributed by atoms with E-state index in [1.165, 1.54) is 11.0 Å². The molecule has 1 saturated heterocycles. The monoisotopic (exact) mass is 434 g/mol. The number of nitrogens with zero attached hydrogens (tertiary/aromatic N) is 2. The van der Waals surface area contributed by atoms with E-state index in [-0.39, 0.29) is 18.8 Å². The lowest BCUT2D eigenvalue weighted by Crippen LogP contribution is -2.48. The molecule has 2 aromatic carbocycles. The first-order valence-electron chi connectivity index (χ1n) is 8.83. The summed E-state index contributed by atoms with van der Waals surface area (Å²) in [6, 6.07) is 12.7. The molecule has 2 aromatic rings. The normalized spacial score (nSPS) is 21.0. The van der Waals surface area contributed by atoms with Crippen molar-refractivity contribution in [3.05, 3.63) is 58.3 Å². The third-order valence-corrected chi connectivity index (χ3v) is 5.75. The molecule has 0 spiro atoms. The quantitative estimate of drug-likeness (QED) is 0.720. The predicted octanol–water partition coefficient (Wildman–Crippen LogP) is 4.34. The van der Waals surface area contributed by atoms with Crippen molar-refractivity contribution in [2.75, 3.05) is 30.0 Å². The number of benzene rings is 2. The molecule has 7 heteroatoms. The molecule has 142 valence electrons. The topological polar surface area (TPSA) is 42.0 Å². The van der Waals surface area contributed by atoms with Gasteiger partial charge in [-0.1, -0.05) is 30.3 Å². The summed E-state index contributed by atoms with van der Waals surface area (Å²) in [4.78, 5) is 16.5. The van der Waals surface area contributed by atoms with E-state index >= 15 is 0 Å². The second-order valence-corrected chi connectivity index (χ2v) is 7.66. The highest BCUT2D eigenvalue weighted by atomic mass is 79.9. The molecule has 0 radical (unpaired) electrons. The van der Waals surface area contributed by atoms with Crippen molar-refractivity contribution < 1.29 is 18.7 Å². The molecule has 1 fully saturated rings. The summed E-state index contributed by atoms with van der Waals surface area (Å²) >= 11 is 3.25. The molecule has 2 atom stereocenters. The fraction of sp³-hybridized carbons (Fsp3) is 0.350. The van der Waals surface area contributed by atoms with Crippen LogP contribution in [0.15, 0.2) is 46.9 Å². The number of hydrogen-bond acceptors (Lipinski definition) is 4. The molecule has 2 aliphatic rings. The Morgan fingerprint density at radius 1 is 1.22 bits per heavy atom. The minimum Gasteiger partial charge on any atom is -0.444 e. The van der Waals surface area contributed by atoms with Crippen molar-refractivity contribution in [2.45, 2.75) is 25.2 Å². The lowest BCUT2D eigenvalue weighted by atomic mass is 10.1. The number of ether oxygens (including phenoxy) is 2. The van der Waals surface area contributed by atoms with Crippen LogP contribution >= 0.6 is 15.9 Å². The Bertz CT molecular complexity index is 849. The summed E-state index contributed by atoms with van der Waals surface area (Å²) in [5.41, 5.74) is 2.25. The Hall–Kier alpha value is -2.12.